The van der Waals surface area contributed by atoms with Gasteiger partial charge in [-0.1, -0.05) is 41.9 Å². The summed E-state index contributed by atoms with van der Waals surface area (Å²) < 4.78 is 6.14. The number of para-hydroxylation sites is 1. The van der Waals surface area contributed by atoms with E-state index in [2.05, 4.69) is 0 Å². The highest BCUT2D eigenvalue weighted by atomic mass is 35.5. The minimum absolute atomic E-state index is 0.0458. The molecule has 0 aliphatic carbocycles. The molecule has 0 unspecified atom stereocenters. The van der Waals surface area contributed by atoms with E-state index in [9.17, 15) is 9.59 Å². The third-order valence-electron chi connectivity index (χ3n) is 6.74. The number of hydrogen-bond donors (Lipinski definition) is 0. The smallest absolute Gasteiger partial charge is 0.255 e. The van der Waals surface area contributed by atoms with Crippen LogP contribution in [0.25, 0.3) is 0 Å². The van der Waals surface area contributed by atoms with Gasteiger partial charge >= 0.3 is 0 Å². The summed E-state index contributed by atoms with van der Waals surface area (Å²) in [7, 11) is 0. The average molecular weight is 455 g/mol. The summed E-state index contributed by atoms with van der Waals surface area (Å²) in [6, 6.07) is 16.9. The Hall–Kier alpha value is -2.53. The second kappa shape index (κ2) is 10.4. The second-order valence-electron chi connectivity index (χ2n) is 8.99. The summed E-state index contributed by atoms with van der Waals surface area (Å²) in [4.78, 5) is 30.0. The van der Waals surface area contributed by atoms with Gasteiger partial charge < -0.3 is 14.5 Å². The number of halogens is 1. The predicted molar refractivity (Wildman–Crippen MR) is 126 cm³/mol. The van der Waals surface area contributed by atoms with Crippen LogP contribution in [0.4, 0.5) is 0 Å². The van der Waals surface area contributed by atoms with Crippen LogP contribution >= 0.6 is 11.6 Å². The minimum atomic E-state index is -0.276. The molecule has 2 fully saturated rings. The van der Waals surface area contributed by atoms with Crippen molar-refractivity contribution in [3.05, 3.63) is 65.2 Å². The lowest BCUT2D eigenvalue weighted by molar-refractivity contribution is -0.136. The SMILES string of the molecule is O=C(CC1(COc2ccccc2)CCN(C(=O)c2ccccc2Cl)CC1)N1CCCCC1. The Labute approximate surface area is 195 Å². The van der Waals surface area contributed by atoms with Gasteiger partial charge in [-0.25, -0.2) is 0 Å². The Morgan fingerprint density at radius 3 is 2.19 bits per heavy atom. The van der Waals surface area contributed by atoms with Crippen molar-refractivity contribution in [3.8, 4) is 5.75 Å². The van der Waals surface area contributed by atoms with Gasteiger partial charge in [-0.05, 0) is 56.4 Å². The zero-order chi connectivity index (χ0) is 22.4. The average Bonchev–Trinajstić information content (AvgIpc) is 2.84. The molecule has 4 rings (SSSR count). The number of rotatable bonds is 6. The summed E-state index contributed by atoms with van der Waals surface area (Å²) in [6.07, 6.45) is 5.29. The van der Waals surface area contributed by atoms with Crippen LogP contribution < -0.4 is 4.74 Å². The van der Waals surface area contributed by atoms with Gasteiger partial charge in [-0.3, -0.25) is 9.59 Å². The van der Waals surface area contributed by atoms with Gasteiger partial charge in [0.2, 0.25) is 5.91 Å². The lowest BCUT2D eigenvalue weighted by Gasteiger charge is -2.42. The molecule has 0 aromatic heterocycles. The molecule has 32 heavy (non-hydrogen) atoms. The highest BCUT2D eigenvalue weighted by Gasteiger charge is 2.40. The molecule has 2 aromatic rings. The standard InChI is InChI=1S/C26H31ClN2O3/c27-23-12-6-5-11-22(23)25(31)29-17-13-26(14-18-29,20-32-21-9-3-1-4-10-21)19-24(30)28-15-7-2-8-16-28/h1,3-6,9-12H,2,7-8,13-20H2. The van der Waals surface area contributed by atoms with Crippen molar-refractivity contribution in [1.82, 2.24) is 9.80 Å². The highest BCUT2D eigenvalue weighted by molar-refractivity contribution is 6.33. The Balaban J connectivity index is 1.45. The van der Waals surface area contributed by atoms with Crippen LogP contribution in [0.1, 0.15) is 48.9 Å². The molecule has 170 valence electrons. The molecule has 2 saturated heterocycles. The quantitative estimate of drug-likeness (QED) is 0.614. The number of likely N-dealkylation sites (tertiary alicyclic amines) is 2. The van der Waals surface area contributed by atoms with Gasteiger partial charge in [0.1, 0.15) is 5.75 Å². The van der Waals surface area contributed by atoms with Crippen LogP contribution in [-0.2, 0) is 4.79 Å². The van der Waals surface area contributed by atoms with Crippen LogP contribution in [0.2, 0.25) is 5.02 Å². The number of ether oxygens (including phenoxy) is 1. The first-order valence-electron chi connectivity index (χ1n) is 11.6. The Morgan fingerprint density at radius 2 is 1.50 bits per heavy atom. The van der Waals surface area contributed by atoms with Crippen molar-refractivity contribution >= 4 is 23.4 Å². The van der Waals surface area contributed by atoms with E-state index in [0.29, 0.717) is 36.7 Å². The van der Waals surface area contributed by atoms with Crippen molar-refractivity contribution < 1.29 is 14.3 Å². The van der Waals surface area contributed by atoms with Crippen molar-refractivity contribution in [1.29, 1.82) is 0 Å². The van der Waals surface area contributed by atoms with E-state index >= 15 is 0 Å². The normalized spacial score (nSPS) is 18.3. The van der Waals surface area contributed by atoms with Crippen molar-refractivity contribution in [3.63, 3.8) is 0 Å². The molecule has 6 heteroatoms. The fourth-order valence-corrected chi connectivity index (χ4v) is 4.91. The third kappa shape index (κ3) is 5.44. The molecule has 0 saturated carbocycles. The van der Waals surface area contributed by atoms with Crippen LogP contribution in [0.5, 0.6) is 5.75 Å². The van der Waals surface area contributed by atoms with E-state index in [1.165, 1.54) is 6.42 Å². The molecule has 2 heterocycles. The fraction of sp³-hybridized carbons (Fsp3) is 0.462. The maximum atomic E-state index is 13.1. The molecule has 0 radical (unpaired) electrons. The van der Waals surface area contributed by atoms with E-state index in [4.69, 9.17) is 16.3 Å². The summed E-state index contributed by atoms with van der Waals surface area (Å²) in [5, 5.41) is 0.474. The van der Waals surface area contributed by atoms with Gasteiger partial charge in [0.15, 0.2) is 0 Å². The van der Waals surface area contributed by atoms with Crippen molar-refractivity contribution in [2.24, 2.45) is 5.41 Å². The second-order valence-corrected chi connectivity index (χ2v) is 9.40. The topological polar surface area (TPSA) is 49.9 Å². The first-order chi connectivity index (χ1) is 15.6. The summed E-state index contributed by atoms with van der Waals surface area (Å²) >= 11 is 6.25. The van der Waals surface area contributed by atoms with E-state index in [1.807, 2.05) is 52.3 Å². The molecule has 0 bridgehead atoms. The van der Waals surface area contributed by atoms with Crippen LogP contribution in [0, 0.1) is 5.41 Å². The maximum absolute atomic E-state index is 13.1. The molecule has 2 aromatic carbocycles. The largest absolute Gasteiger partial charge is 0.493 e. The summed E-state index contributed by atoms with van der Waals surface area (Å²) in [6.45, 7) is 3.37. The molecule has 0 spiro atoms. The molecule has 0 atom stereocenters. The maximum Gasteiger partial charge on any atom is 0.255 e. The van der Waals surface area contributed by atoms with E-state index in [0.717, 1.165) is 44.5 Å². The third-order valence-corrected chi connectivity index (χ3v) is 7.07. The summed E-state index contributed by atoms with van der Waals surface area (Å²) in [5.41, 5.74) is 0.258. The van der Waals surface area contributed by atoms with Crippen LogP contribution in [-0.4, -0.2) is 54.4 Å². The molecular weight excluding hydrogens is 424 g/mol. The monoisotopic (exact) mass is 454 g/mol. The van der Waals surface area contributed by atoms with Gasteiger partial charge in [0.05, 0.1) is 17.2 Å². The van der Waals surface area contributed by atoms with Gasteiger partial charge in [-0.2, -0.15) is 0 Å². The molecule has 2 amide bonds. The van der Waals surface area contributed by atoms with Crippen LogP contribution in [0.15, 0.2) is 54.6 Å². The molecular formula is C26H31ClN2O3. The lowest BCUT2D eigenvalue weighted by atomic mass is 9.75. The molecule has 2 aliphatic heterocycles. The van der Waals surface area contributed by atoms with E-state index in [-0.39, 0.29) is 17.2 Å². The number of hydrogen-bond acceptors (Lipinski definition) is 3. The molecule has 2 aliphatic rings. The number of amides is 2. The highest BCUT2D eigenvalue weighted by Crippen LogP contribution is 2.37. The van der Waals surface area contributed by atoms with Crippen molar-refractivity contribution in [2.45, 2.75) is 38.5 Å². The molecule has 0 N–H and O–H groups in total. The Bertz CT molecular complexity index is 920. The van der Waals surface area contributed by atoms with Crippen LogP contribution in [0.3, 0.4) is 0 Å². The minimum Gasteiger partial charge on any atom is -0.493 e. The van der Waals surface area contributed by atoms with Gasteiger partial charge in [0.25, 0.3) is 5.91 Å². The number of nitrogens with zero attached hydrogens (tertiary/aromatic N) is 2. The fourth-order valence-electron chi connectivity index (χ4n) is 4.69. The Kier molecular flexibility index (Phi) is 7.36. The van der Waals surface area contributed by atoms with Crippen molar-refractivity contribution in [2.75, 3.05) is 32.8 Å². The zero-order valence-corrected chi connectivity index (χ0v) is 19.2. The number of carbonyl (C=O) groups excluding carboxylic acids is 2. The summed E-state index contributed by atoms with van der Waals surface area (Å²) in [5.74, 6) is 0.981. The Morgan fingerprint density at radius 1 is 0.844 bits per heavy atom. The first-order valence-corrected chi connectivity index (χ1v) is 11.9. The zero-order valence-electron chi connectivity index (χ0n) is 18.5. The predicted octanol–water partition coefficient (Wildman–Crippen LogP) is 5.04. The van der Waals surface area contributed by atoms with E-state index in [1.54, 1.807) is 12.1 Å². The number of piperidine rings is 2. The first kappa shape index (κ1) is 22.7. The van der Waals surface area contributed by atoms with Gasteiger partial charge in [0, 0.05) is 38.0 Å². The lowest BCUT2D eigenvalue weighted by Crippen LogP contribution is -2.48. The number of carbonyl (C=O) groups is 2. The van der Waals surface area contributed by atoms with Gasteiger partial charge in [-0.15, -0.1) is 0 Å². The van der Waals surface area contributed by atoms with E-state index < -0.39 is 0 Å². The number of benzene rings is 2. The molecule has 5 nitrogen and oxygen atoms in total.